The molecule has 0 saturated heterocycles. The van der Waals surface area contributed by atoms with E-state index in [1.165, 1.54) is 0 Å². The molecule has 1 fully saturated rings. The van der Waals surface area contributed by atoms with Crippen LogP contribution in [0.4, 0.5) is 0 Å². The fourth-order valence-corrected chi connectivity index (χ4v) is 2.35. The van der Waals surface area contributed by atoms with Crippen molar-refractivity contribution in [2.75, 3.05) is 6.61 Å². The van der Waals surface area contributed by atoms with E-state index in [1.54, 1.807) is 31.2 Å². The summed E-state index contributed by atoms with van der Waals surface area (Å²) in [6.07, 6.45) is 2.17. The SMILES string of the molecule is Cc1nc(-c2ccc(Cl)cc2)nc(OCC2(C)CC2)c1C(=O)O. The summed E-state index contributed by atoms with van der Waals surface area (Å²) in [4.78, 5) is 20.1. The Hall–Kier alpha value is -2.14. The average molecular weight is 333 g/mol. The van der Waals surface area contributed by atoms with Crippen molar-refractivity contribution < 1.29 is 14.6 Å². The van der Waals surface area contributed by atoms with Gasteiger partial charge in [-0.3, -0.25) is 0 Å². The molecule has 0 spiro atoms. The summed E-state index contributed by atoms with van der Waals surface area (Å²) < 4.78 is 5.73. The Morgan fingerprint density at radius 2 is 1.96 bits per heavy atom. The molecular weight excluding hydrogens is 316 g/mol. The maximum absolute atomic E-state index is 11.5. The van der Waals surface area contributed by atoms with E-state index >= 15 is 0 Å². The fourth-order valence-electron chi connectivity index (χ4n) is 2.23. The first kappa shape index (κ1) is 15.7. The lowest BCUT2D eigenvalue weighted by molar-refractivity contribution is 0.0688. The van der Waals surface area contributed by atoms with Gasteiger partial charge in [0.15, 0.2) is 5.82 Å². The third-order valence-electron chi connectivity index (χ3n) is 4.03. The van der Waals surface area contributed by atoms with Gasteiger partial charge in [-0.2, -0.15) is 4.98 Å². The zero-order chi connectivity index (χ0) is 16.6. The van der Waals surface area contributed by atoms with Gasteiger partial charge >= 0.3 is 5.97 Å². The largest absolute Gasteiger partial charge is 0.477 e. The van der Waals surface area contributed by atoms with Gasteiger partial charge in [0.1, 0.15) is 5.56 Å². The molecular formula is C17H17ClN2O3. The number of carbonyl (C=O) groups is 1. The van der Waals surface area contributed by atoms with Crippen molar-refractivity contribution in [2.24, 2.45) is 5.41 Å². The maximum Gasteiger partial charge on any atom is 0.343 e. The maximum atomic E-state index is 11.5. The molecule has 2 aromatic rings. The minimum absolute atomic E-state index is 0.0203. The van der Waals surface area contributed by atoms with E-state index in [-0.39, 0.29) is 16.9 Å². The van der Waals surface area contributed by atoms with E-state index in [1.807, 2.05) is 0 Å². The monoisotopic (exact) mass is 332 g/mol. The first-order chi connectivity index (χ1) is 10.9. The van der Waals surface area contributed by atoms with Crippen LogP contribution in [0.3, 0.4) is 0 Å². The molecule has 5 nitrogen and oxygen atoms in total. The molecule has 1 saturated carbocycles. The van der Waals surface area contributed by atoms with Crippen LogP contribution in [0.25, 0.3) is 11.4 Å². The molecule has 1 aromatic heterocycles. The van der Waals surface area contributed by atoms with Crippen LogP contribution in [0.2, 0.25) is 5.02 Å². The predicted octanol–water partition coefficient (Wildman–Crippen LogP) is 3.98. The molecule has 6 heteroatoms. The van der Waals surface area contributed by atoms with Crippen LogP contribution in [-0.4, -0.2) is 27.7 Å². The first-order valence-corrected chi connectivity index (χ1v) is 7.76. The topological polar surface area (TPSA) is 72.3 Å². The van der Waals surface area contributed by atoms with Crippen LogP contribution in [0.5, 0.6) is 5.88 Å². The zero-order valence-electron chi connectivity index (χ0n) is 13.0. The summed E-state index contributed by atoms with van der Waals surface area (Å²) in [5.41, 5.74) is 1.30. The van der Waals surface area contributed by atoms with Gasteiger partial charge in [0.05, 0.1) is 12.3 Å². The van der Waals surface area contributed by atoms with Gasteiger partial charge in [-0.25, -0.2) is 9.78 Å². The Balaban J connectivity index is 1.99. The van der Waals surface area contributed by atoms with E-state index in [0.717, 1.165) is 18.4 Å². The van der Waals surface area contributed by atoms with E-state index in [2.05, 4.69) is 16.9 Å². The van der Waals surface area contributed by atoms with Gasteiger partial charge in [0.25, 0.3) is 0 Å². The number of carboxylic acid groups (broad SMARTS) is 1. The number of hydrogen-bond donors (Lipinski definition) is 1. The molecule has 1 aliphatic rings. The quantitative estimate of drug-likeness (QED) is 0.896. The highest BCUT2D eigenvalue weighted by atomic mass is 35.5. The van der Waals surface area contributed by atoms with Crippen molar-refractivity contribution in [1.29, 1.82) is 0 Å². The number of carboxylic acids is 1. The van der Waals surface area contributed by atoms with Crippen molar-refractivity contribution in [1.82, 2.24) is 9.97 Å². The minimum Gasteiger partial charge on any atom is -0.477 e. The lowest BCUT2D eigenvalue weighted by atomic mass is 10.1. The normalized spacial score (nSPS) is 15.3. The van der Waals surface area contributed by atoms with Gasteiger partial charge in [0, 0.05) is 16.0 Å². The van der Waals surface area contributed by atoms with Crippen molar-refractivity contribution in [3.8, 4) is 17.3 Å². The standard InChI is InChI=1S/C17H17ClN2O3/c1-10-13(16(21)22)15(23-9-17(2)7-8-17)20-14(19-10)11-3-5-12(18)6-4-11/h3-6H,7-9H2,1-2H3,(H,21,22). The summed E-state index contributed by atoms with van der Waals surface area (Å²) >= 11 is 5.89. The summed E-state index contributed by atoms with van der Waals surface area (Å²) in [5.74, 6) is -0.524. The Morgan fingerprint density at radius 1 is 1.30 bits per heavy atom. The molecule has 120 valence electrons. The molecule has 1 heterocycles. The van der Waals surface area contributed by atoms with Crippen LogP contribution in [-0.2, 0) is 0 Å². The zero-order valence-corrected chi connectivity index (χ0v) is 13.7. The smallest absolute Gasteiger partial charge is 0.343 e. The third kappa shape index (κ3) is 3.45. The van der Waals surface area contributed by atoms with Gasteiger partial charge < -0.3 is 9.84 Å². The predicted molar refractivity (Wildman–Crippen MR) is 87.0 cm³/mol. The van der Waals surface area contributed by atoms with Crippen LogP contribution < -0.4 is 4.74 Å². The molecule has 1 N–H and O–H groups in total. The average Bonchev–Trinajstić information content (AvgIpc) is 3.23. The lowest BCUT2D eigenvalue weighted by Gasteiger charge is -2.14. The molecule has 0 aliphatic heterocycles. The first-order valence-electron chi connectivity index (χ1n) is 7.39. The molecule has 1 aromatic carbocycles. The third-order valence-corrected chi connectivity index (χ3v) is 4.29. The number of benzene rings is 1. The molecule has 0 unspecified atom stereocenters. The molecule has 0 amide bonds. The number of ether oxygens (including phenoxy) is 1. The second-order valence-corrected chi connectivity index (χ2v) is 6.66. The Bertz CT molecular complexity index is 755. The molecule has 23 heavy (non-hydrogen) atoms. The molecule has 3 rings (SSSR count). The van der Waals surface area contributed by atoms with E-state index < -0.39 is 5.97 Å². The van der Waals surface area contributed by atoms with Gasteiger partial charge in [-0.1, -0.05) is 18.5 Å². The van der Waals surface area contributed by atoms with E-state index in [4.69, 9.17) is 16.3 Å². The Kier molecular flexibility index (Phi) is 3.98. The second kappa shape index (κ2) is 5.81. The number of aromatic carboxylic acids is 1. The Morgan fingerprint density at radius 3 is 2.52 bits per heavy atom. The number of aromatic nitrogens is 2. The summed E-state index contributed by atoms with van der Waals surface area (Å²) in [6.45, 7) is 4.22. The van der Waals surface area contributed by atoms with Gasteiger partial charge in [-0.15, -0.1) is 0 Å². The van der Waals surface area contributed by atoms with Crippen LogP contribution in [0.15, 0.2) is 24.3 Å². The van der Waals surface area contributed by atoms with Crippen molar-refractivity contribution >= 4 is 17.6 Å². The molecule has 0 atom stereocenters. The lowest BCUT2D eigenvalue weighted by Crippen LogP contribution is -2.15. The number of hydrogen-bond acceptors (Lipinski definition) is 4. The van der Waals surface area contributed by atoms with Crippen LogP contribution >= 0.6 is 11.6 Å². The van der Waals surface area contributed by atoms with Crippen molar-refractivity contribution in [3.05, 3.63) is 40.5 Å². The number of rotatable bonds is 5. The summed E-state index contributed by atoms with van der Waals surface area (Å²) in [5, 5.41) is 10.0. The number of halogens is 1. The van der Waals surface area contributed by atoms with Crippen molar-refractivity contribution in [2.45, 2.75) is 26.7 Å². The summed E-state index contributed by atoms with van der Waals surface area (Å²) in [7, 11) is 0. The van der Waals surface area contributed by atoms with E-state index in [0.29, 0.717) is 23.1 Å². The minimum atomic E-state index is -1.08. The summed E-state index contributed by atoms with van der Waals surface area (Å²) in [6, 6.07) is 7.08. The highest BCUT2D eigenvalue weighted by molar-refractivity contribution is 6.30. The molecule has 0 radical (unpaired) electrons. The second-order valence-electron chi connectivity index (χ2n) is 6.22. The van der Waals surface area contributed by atoms with E-state index in [9.17, 15) is 9.90 Å². The van der Waals surface area contributed by atoms with Crippen molar-refractivity contribution in [3.63, 3.8) is 0 Å². The highest BCUT2D eigenvalue weighted by Crippen LogP contribution is 2.45. The fraction of sp³-hybridized carbons (Fsp3) is 0.353. The highest BCUT2D eigenvalue weighted by Gasteiger charge is 2.38. The van der Waals surface area contributed by atoms with Crippen LogP contribution in [0.1, 0.15) is 35.8 Å². The molecule has 1 aliphatic carbocycles. The van der Waals surface area contributed by atoms with Gasteiger partial charge in [0.2, 0.25) is 5.88 Å². The van der Waals surface area contributed by atoms with Gasteiger partial charge in [-0.05, 0) is 44.0 Å². The Labute approximate surface area is 139 Å². The number of aryl methyl sites for hydroxylation is 1. The molecule has 0 bridgehead atoms. The number of nitrogens with zero attached hydrogens (tertiary/aromatic N) is 2. The van der Waals surface area contributed by atoms with Crippen LogP contribution in [0, 0.1) is 12.3 Å².